The third-order valence-electron chi connectivity index (χ3n) is 2.09. The summed E-state index contributed by atoms with van der Waals surface area (Å²) >= 11 is 5.81. The predicted molar refractivity (Wildman–Crippen MR) is 58.0 cm³/mol. The van der Waals surface area contributed by atoms with Gasteiger partial charge in [0.2, 0.25) is 0 Å². The number of hydrogen-bond acceptors (Lipinski definition) is 2. The van der Waals surface area contributed by atoms with Crippen molar-refractivity contribution in [3.8, 4) is 0 Å². The van der Waals surface area contributed by atoms with E-state index in [1.165, 1.54) is 0 Å². The number of rotatable bonds is 6. The Bertz CT molecular complexity index is 222. The minimum atomic E-state index is -2.79. The maximum Gasteiger partial charge on any atom is 0.150 e. The van der Waals surface area contributed by atoms with E-state index in [1.54, 1.807) is 6.92 Å². The van der Waals surface area contributed by atoms with Gasteiger partial charge in [-0.2, -0.15) is 0 Å². The summed E-state index contributed by atoms with van der Waals surface area (Å²) < 4.78 is 22.3. The van der Waals surface area contributed by atoms with Crippen molar-refractivity contribution >= 4 is 21.4 Å². The van der Waals surface area contributed by atoms with E-state index in [0.29, 0.717) is 11.7 Å². The van der Waals surface area contributed by atoms with Crippen LogP contribution in [0.3, 0.4) is 0 Å². The Morgan fingerprint density at radius 1 is 1.31 bits per heavy atom. The van der Waals surface area contributed by atoms with Gasteiger partial charge < -0.3 is 0 Å². The second-order valence-corrected chi connectivity index (χ2v) is 6.86. The van der Waals surface area contributed by atoms with Crippen molar-refractivity contribution in [1.82, 2.24) is 0 Å². The quantitative estimate of drug-likeness (QED) is 0.652. The highest BCUT2D eigenvalue weighted by molar-refractivity contribution is 7.91. The van der Waals surface area contributed by atoms with Gasteiger partial charge in [0.15, 0.2) is 0 Å². The van der Waals surface area contributed by atoms with Crippen LogP contribution in [0.2, 0.25) is 0 Å². The highest BCUT2D eigenvalue weighted by Crippen LogP contribution is 2.15. The van der Waals surface area contributed by atoms with E-state index in [-0.39, 0.29) is 11.1 Å². The monoisotopic (exact) mass is 226 g/mol. The Morgan fingerprint density at radius 2 is 1.85 bits per heavy atom. The molecule has 0 rings (SSSR count). The molecule has 80 valence electrons. The zero-order chi connectivity index (χ0) is 10.5. The van der Waals surface area contributed by atoms with E-state index in [0.717, 1.165) is 12.8 Å². The Morgan fingerprint density at radius 3 is 2.23 bits per heavy atom. The molecule has 4 heteroatoms. The molecule has 0 heterocycles. The maximum absolute atomic E-state index is 11.2. The normalized spacial score (nSPS) is 16.9. The third kappa shape index (κ3) is 7.32. The van der Waals surface area contributed by atoms with Crippen LogP contribution in [0.15, 0.2) is 0 Å². The van der Waals surface area contributed by atoms with Crippen LogP contribution in [-0.4, -0.2) is 25.3 Å². The van der Waals surface area contributed by atoms with Crippen molar-refractivity contribution in [2.24, 2.45) is 5.92 Å². The van der Waals surface area contributed by atoms with Crippen LogP contribution < -0.4 is 0 Å². The summed E-state index contributed by atoms with van der Waals surface area (Å²) in [4.78, 5) is 0. The smallest absolute Gasteiger partial charge is 0.150 e. The lowest BCUT2D eigenvalue weighted by molar-refractivity contribution is 0.506. The molecule has 0 fully saturated rings. The van der Waals surface area contributed by atoms with Crippen LogP contribution in [0, 0.1) is 5.92 Å². The Labute approximate surface area is 86.6 Å². The van der Waals surface area contributed by atoms with Gasteiger partial charge in [0.05, 0.1) is 5.75 Å². The van der Waals surface area contributed by atoms with Crippen LogP contribution in [0.25, 0.3) is 0 Å². The van der Waals surface area contributed by atoms with E-state index < -0.39 is 9.84 Å². The minimum absolute atomic E-state index is 0.138. The molecule has 0 amide bonds. The Balaban J connectivity index is 3.77. The molecule has 0 aromatic rings. The van der Waals surface area contributed by atoms with E-state index >= 15 is 0 Å². The van der Waals surface area contributed by atoms with Crippen molar-refractivity contribution in [1.29, 1.82) is 0 Å². The summed E-state index contributed by atoms with van der Waals surface area (Å²) in [6.07, 6.45) is 1.62. The molecule has 0 aliphatic carbocycles. The van der Waals surface area contributed by atoms with Gasteiger partial charge in [-0.3, -0.25) is 0 Å². The number of sulfone groups is 1. The first-order chi connectivity index (χ1) is 5.87. The first-order valence-electron chi connectivity index (χ1n) is 4.72. The summed E-state index contributed by atoms with van der Waals surface area (Å²) in [7, 11) is -2.79. The van der Waals surface area contributed by atoms with Gasteiger partial charge in [-0.15, -0.1) is 11.6 Å². The predicted octanol–water partition coefficient (Wildman–Crippen LogP) is 2.46. The summed E-state index contributed by atoms with van der Waals surface area (Å²) in [6.45, 7) is 5.67. The zero-order valence-electron chi connectivity index (χ0n) is 8.59. The lowest BCUT2D eigenvalue weighted by Gasteiger charge is -2.11. The van der Waals surface area contributed by atoms with Crippen LogP contribution in [-0.2, 0) is 9.84 Å². The fourth-order valence-electron chi connectivity index (χ4n) is 1.20. The molecule has 0 radical (unpaired) electrons. The molecular weight excluding hydrogens is 208 g/mol. The van der Waals surface area contributed by atoms with Gasteiger partial charge >= 0.3 is 0 Å². The van der Waals surface area contributed by atoms with Crippen LogP contribution in [0.4, 0.5) is 0 Å². The topological polar surface area (TPSA) is 34.1 Å². The standard InChI is InChI=1S/C9H19ClO2S/c1-4-13(11,12)6-5-8(2)7-9(3)10/h8-9H,4-7H2,1-3H3. The third-order valence-corrected chi connectivity index (χ3v) is 4.00. The number of halogens is 1. The van der Waals surface area contributed by atoms with Crippen molar-refractivity contribution in [3.05, 3.63) is 0 Å². The molecule has 0 bridgehead atoms. The molecule has 0 aromatic carbocycles. The van der Waals surface area contributed by atoms with Crippen molar-refractivity contribution in [2.45, 2.75) is 39.0 Å². The SMILES string of the molecule is CCS(=O)(=O)CCC(C)CC(C)Cl. The molecule has 0 spiro atoms. The molecule has 0 aliphatic rings. The van der Waals surface area contributed by atoms with Gasteiger partial charge in [0.25, 0.3) is 0 Å². The molecule has 0 saturated heterocycles. The number of hydrogen-bond donors (Lipinski definition) is 0. The van der Waals surface area contributed by atoms with Gasteiger partial charge in [-0.1, -0.05) is 13.8 Å². The fourth-order valence-corrected chi connectivity index (χ4v) is 2.55. The van der Waals surface area contributed by atoms with Crippen LogP contribution in [0.5, 0.6) is 0 Å². The first-order valence-corrected chi connectivity index (χ1v) is 6.97. The summed E-state index contributed by atoms with van der Waals surface area (Å²) in [5, 5.41) is 0.138. The molecule has 2 atom stereocenters. The van der Waals surface area contributed by atoms with Gasteiger partial charge in [-0.05, 0) is 25.7 Å². The summed E-state index contributed by atoms with van der Waals surface area (Å²) in [6, 6.07) is 0. The van der Waals surface area contributed by atoms with E-state index in [2.05, 4.69) is 0 Å². The van der Waals surface area contributed by atoms with Gasteiger partial charge in [-0.25, -0.2) is 8.42 Å². The molecule has 13 heavy (non-hydrogen) atoms. The Kier molecular flexibility index (Phi) is 5.97. The zero-order valence-corrected chi connectivity index (χ0v) is 10.2. The Hall–Kier alpha value is 0.240. The average Bonchev–Trinajstić information content (AvgIpc) is 2.00. The van der Waals surface area contributed by atoms with E-state index in [9.17, 15) is 8.42 Å². The molecule has 0 aromatic heterocycles. The van der Waals surface area contributed by atoms with Crippen LogP contribution in [0.1, 0.15) is 33.6 Å². The average molecular weight is 227 g/mol. The largest absolute Gasteiger partial charge is 0.229 e. The van der Waals surface area contributed by atoms with Crippen molar-refractivity contribution in [3.63, 3.8) is 0 Å². The van der Waals surface area contributed by atoms with Gasteiger partial charge in [0.1, 0.15) is 9.84 Å². The highest BCUT2D eigenvalue weighted by Gasteiger charge is 2.12. The van der Waals surface area contributed by atoms with Crippen molar-refractivity contribution in [2.75, 3.05) is 11.5 Å². The summed E-state index contributed by atoms with van der Waals surface area (Å²) in [5.41, 5.74) is 0. The number of alkyl halides is 1. The maximum atomic E-state index is 11.2. The lowest BCUT2D eigenvalue weighted by Crippen LogP contribution is -2.13. The molecule has 2 nitrogen and oxygen atoms in total. The second-order valence-electron chi connectivity index (χ2n) is 3.65. The molecule has 0 N–H and O–H groups in total. The fraction of sp³-hybridized carbons (Fsp3) is 1.00. The molecule has 0 aliphatic heterocycles. The highest BCUT2D eigenvalue weighted by atomic mass is 35.5. The second kappa shape index (κ2) is 5.86. The van der Waals surface area contributed by atoms with Crippen molar-refractivity contribution < 1.29 is 8.42 Å². The van der Waals surface area contributed by atoms with Gasteiger partial charge in [0, 0.05) is 11.1 Å². The molecule has 0 saturated carbocycles. The van der Waals surface area contributed by atoms with Crippen LogP contribution >= 0.6 is 11.6 Å². The summed E-state index contributed by atoms with van der Waals surface area (Å²) in [5.74, 6) is 0.943. The van der Waals surface area contributed by atoms with E-state index in [1.807, 2.05) is 13.8 Å². The molecular formula is C9H19ClO2S. The first kappa shape index (κ1) is 13.2. The minimum Gasteiger partial charge on any atom is -0.229 e. The lowest BCUT2D eigenvalue weighted by atomic mass is 10.0. The van der Waals surface area contributed by atoms with E-state index in [4.69, 9.17) is 11.6 Å². The molecule has 2 unspecified atom stereocenters.